The Morgan fingerprint density at radius 2 is 1.94 bits per heavy atom. The number of nitrogens with zero attached hydrogens (tertiary/aromatic N) is 5. The molecule has 150 valence electrons. The molecule has 0 saturated carbocycles. The molecule has 31 heavy (non-hydrogen) atoms. The lowest BCUT2D eigenvalue weighted by atomic mass is 10.0. The van der Waals surface area contributed by atoms with Crippen molar-refractivity contribution >= 4 is 33.4 Å². The number of aromatic nitrogens is 7. The van der Waals surface area contributed by atoms with Gasteiger partial charge in [0, 0.05) is 46.9 Å². The maximum atomic E-state index is 15.7. The molecule has 6 aromatic rings. The molecule has 0 unspecified atom stereocenters. The number of hydrogen-bond donors (Lipinski definition) is 2. The predicted molar refractivity (Wildman–Crippen MR) is 118 cm³/mol. The Balaban J connectivity index is 1.57. The van der Waals surface area contributed by atoms with E-state index in [1.54, 1.807) is 29.9 Å². The third-order valence-electron chi connectivity index (χ3n) is 5.28. The Labute approximate surface area is 179 Å². The van der Waals surface area contributed by atoms with Crippen molar-refractivity contribution in [3.05, 3.63) is 65.1 Å². The zero-order chi connectivity index (χ0) is 20.9. The van der Waals surface area contributed by atoms with Gasteiger partial charge in [-0.2, -0.15) is 16.4 Å². The van der Waals surface area contributed by atoms with Gasteiger partial charge in [0.2, 0.25) is 0 Å². The maximum Gasteiger partial charge on any atom is 0.159 e. The lowest BCUT2D eigenvalue weighted by Gasteiger charge is -2.06. The molecule has 6 aromatic heterocycles. The second-order valence-electron chi connectivity index (χ2n) is 7.13. The SMILES string of the molecule is Cc1ccncc1-c1cnc2[nH]nc(-c3nc4c(-c5ccsc5)nccc4[nH]3)c2c1F. The van der Waals surface area contributed by atoms with Gasteiger partial charge in [-0.3, -0.25) is 15.1 Å². The van der Waals surface area contributed by atoms with Gasteiger partial charge in [-0.25, -0.2) is 14.4 Å². The van der Waals surface area contributed by atoms with Crippen LogP contribution in [0.15, 0.2) is 53.7 Å². The number of fused-ring (bicyclic) bond motifs is 2. The number of halogens is 1. The monoisotopic (exact) mass is 427 g/mol. The van der Waals surface area contributed by atoms with E-state index in [4.69, 9.17) is 4.98 Å². The number of hydrogen-bond acceptors (Lipinski definition) is 6. The van der Waals surface area contributed by atoms with Gasteiger partial charge in [0.25, 0.3) is 0 Å². The largest absolute Gasteiger partial charge is 0.336 e. The van der Waals surface area contributed by atoms with Gasteiger partial charge < -0.3 is 4.98 Å². The van der Waals surface area contributed by atoms with Crippen LogP contribution >= 0.6 is 11.3 Å². The average molecular weight is 427 g/mol. The van der Waals surface area contributed by atoms with E-state index in [9.17, 15) is 0 Å². The lowest BCUT2D eigenvalue weighted by Crippen LogP contribution is -1.93. The fourth-order valence-electron chi connectivity index (χ4n) is 3.72. The molecule has 9 heteroatoms. The molecule has 7 nitrogen and oxygen atoms in total. The van der Waals surface area contributed by atoms with Crippen LogP contribution in [-0.2, 0) is 0 Å². The summed E-state index contributed by atoms with van der Waals surface area (Å²) >= 11 is 1.59. The van der Waals surface area contributed by atoms with Crippen molar-refractivity contribution < 1.29 is 4.39 Å². The Kier molecular flexibility index (Phi) is 3.90. The third kappa shape index (κ3) is 2.74. The van der Waals surface area contributed by atoms with Crippen LogP contribution in [0.2, 0.25) is 0 Å². The van der Waals surface area contributed by atoms with Gasteiger partial charge in [0.05, 0.1) is 16.6 Å². The molecule has 0 aromatic carbocycles. The summed E-state index contributed by atoms with van der Waals surface area (Å²) in [5.74, 6) is 0.0352. The molecular weight excluding hydrogens is 413 g/mol. The first-order valence-electron chi connectivity index (χ1n) is 9.52. The Bertz CT molecular complexity index is 1570. The van der Waals surface area contributed by atoms with Crippen LogP contribution in [0.5, 0.6) is 0 Å². The van der Waals surface area contributed by atoms with Gasteiger partial charge in [-0.1, -0.05) is 0 Å². The van der Waals surface area contributed by atoms with E-state index < -0.39 is 5.82 Å². The third-order valence-corrected chi connectivity index (χ3v) is 5.96. The molecule has 6 rings (SSSR count). The number of rotatable bonds is 3. The minimum atomic E-state index is -0.415. The second kappa shape index (κ2) is 6.78. The molecule has 2 N–H and O–H groups in total. The minimum Gasteiger partial charge on any atom is -0.336 e. The second-order valence-corrected chi connectivity index (χ2v) is 7.91. The predicted octanol–water partition coefficient (Wildman–Crippen LogP) is 5.13. The zero-order valence-corrected chi connectivity index (χ0v) is 17.0. The molecule has 0 atom stereocenters. The number of pyridine rings is 3. The highest BCUT2D eigenvalue weighted by molar-refractivity contribution is 7.08. The number of imidazole rings is 1. The van der Waals surface area contributed by atoms with Gasteiger partial charge >= 0.3 is 0 Å². The van der Waals surface area contributed by atoms with Crippen LogP contribution < -0.4 is 0 Å². The summed E-state index contributed by atoms with van der Waals surface area (Å²) in [6, 6.07) is 5.68. The summed E-state index contributed by atoms with van der Waals surface area (Å²) in [6.45, 7) is 1.91. The molecule has 0 amide bonds. The highest BCUT2D eigenvalue weighted by Gasteiger charge is 2.21. The number of aryl methyl sites for hydroxylation is 1. The van der Waals surface area contributed by atoms with E-state index in [1.807, 2.05) is 35.9 Å². The molecule has 6 heterocycles. The van der Waals surface area contributed by atoms with E-state index in [0.29, 0.717) is 33.8 Å². The zero-order valence-electron chi connectivity index (χ0n) is 16.2. The molecule has 0 spiro atoms. The number of nitrogens with one attached hydrogen (secondary N) is 2. The van der Waals surface area contributed by atoms with Crippen LogP contribution in [-0.4, -0.2) is 35.1 Å². The van der Waals surface area contributed by atoms with Crippen LogP contribution in [0, 0.1) is 12.7 Å². The van der Waals surface area contributed by atoms with E-state index in [2.05, 4.69) is 30.1 Å². The van der Waals surface area contributed by atoms with Crippen molar-refractivity contribution in [1.82, 2.24) is 35.1 Å². The van der Waals surface area contributed by atoms with E-state index in [0.717, 1.165) is 22.3 Å². The first kappa shape index (κ1) is 17.8. The van der Waals surface area contributed by atoms with Crippen molar-refractivity contribution in [1.29, 1.82) is 0 Å². The van der Waals surface area contributed by atoms with Crippen molar-refractivity contribution in [3.63, 3.8) is 0 Å². The fraction of sp³-hybridized carbons (Fsp3) is 0.0455. The van der Waals surface area contributed by atoms with Crippen LogP contribution in [0.25, 0.3) is 56.0 Å². The molecule has 0 radical (unpaired) electrons. The van der Waals surface area contributed by atoms with Crippen LogP contribution in [0.3, 0.4) is 0 Å². The summed E-state index contributed by atoms with van der Waals surface area (Å²) in [7, 11) is 0. The Morgan fingerprint density at radius 3 is 2.77 bits per heavy atom. The lowest BCUT2D eigenvalue weighted by molar-refractivity contribution is 0.642. The summed E-state index contributed by atoms with van der Waals surface area (Å²) in [4.78, 5) is 21.0. The van der Waals surface area contributed by atoms with Crippen LogP contribution in [0.1, 0.15) is 5.56 Å². The molecule has 0 saturated heterocycles. The number of thiophene rings is 1. The molecule has 0 aliphatic carbocycles. The van der Waals surface area contributed by atoms with Crippen molar-refractivity contribution in [2.45, 2.75) is 6.92 Å². The van der Waals surface area contributed by atoms with Gasteiger partial charge in [0.1, 0.15) is 17.0 Å². The first-order valence-corrected chi connectivity index (χ1v) is 10.5. The molecule has 0 aliphatic rings. The summed E-state index contributed by atoms with van der Waals surface area (Å²) in [5, 5.41) is 11.4. The van der Waals surface area contributed by atoms with Crippen molar-refractivity contribution in [2.75, 3.05) is 0 Å². The Morgan fingerprint density at radius 1 is 1.00 bits per heavy atom. The highest BCUT2D eigenvalue weighted by atomic mass is 32.1. The highest BCUT2D eigenvalue weighted by Crippen LogP contribution is 2.34. The van der Waals surface area contributed by atoms with E-state index in [-0.39, 0.29) is 5.39 Å². The maximum absolute atomic E-state index is 15.7. The topological polar surface area (TPSA) is 96.0 Å². The average Bonchev–Trinajstić information content (AvgIpc) is 3.53. The molecule has 0 fully saturated rings. The van der Waals surface area contributed by atoms with Gasteiger partial charge in [-0.15, -0.1) is 0 Å². The summed E-state index contributed by atoms with van der Waals surface area (Å²) in [5.41, 5.74) is 5.97. The number of H-pyrrole nitrogens is 2. The minimum absolute atomic E-state index is 0.282. The number of aromatic amines is 2. The summed E-state index contributed by atoms with van der Waals surface area (Å²) in [6.07, 6.45) is 6.55. The van der Waals surface area contributed by atoms with E-state index >= 15 is 4.39 Å². The fourth-order valence-corrected chi connectivity index (χ4v) is 4.36. The smallest absolute Gasteiger partial charge is 0.159 e. The van der Waals surface area contributed by atoms with Gasteiger partial charge in [-0.05, 0) is 36.1 Å². The summed E-state index contributed by atoms with van der Waals surface area (Å²) < 4.78 is 15.7. The first-order chi connectivity index (χ1) is 15.2. The van der Waals surface area contributed by atoms with E-state index in [1.165, 1.54) is 6.20 Å². The Hall–Kier alpha value is -3.98. The molecule has 0 bridgehead atoms. The van der Waals surface area contributed by atoms with Crippen molar-refractivity contribution in [2.24, 2.45) is 0 Å². The van der Waals surface area contributed by atoms with Crippen molar-refractivity contribution in [3.8, 4) is 33.9 Å². The van der Waals surface area contributed by atoms with Gasteiger partial charge in [0.15, 0.2) is 11.5 Å². The standard InChI is InChI=1S/C22H14FN7S/c1-11-2-5-24-8-13(11)14-9-26-21-16(17(14)23)20(29-30-21)22-27-15-3-6-25-18(19(15)28-22)12-4-7-31-10-12/h2-10H,1H3,(H,27,28)(H,26,29,30). The van der Waals surface area contributed by atoms with Crippen LogP contribution in [0.4, 0.5) is 4.39 Å². The molecular formula is C22H14FN7S. The quantitative estimate of drug-likeness (QED) is 0.408. The molecule has 0 aliphatic heterocycles. The normalized spacial score (nSPS) is 11.5.